The Bertz CT molecular complexity index is 560. The van der Waals surface area contributed by atoms with Gasteiger partial charge in [0.1, 0.15) is 5.75 Å². The molecule has 1 unspecified atom stereocenters. The van der Waals surface area contributed by atoms with Gasteiger partial charge in [-0.05, 0) is 49.6 Å². The van der Waals surface area contributed by atoms with Gasteiger partial charge in [0.2, 0.25) is 0 Å². The second-order valence-corrected chi connectivity index (χ2v) is 5.16. The number of ether oxygens (including phenoxy) is 1. The number of hydrogen-bond donors (Lipinski definition) is 1. The zero-order chi connectivity index (χ0) is 14.5. The predicted molar refractivity (Wildman–Crippen MR) is 85.6 cm³/mol. The van der Waals surface area contributed by atoms with Gasteiger partial charge in [-0.15, -0.1) is 0 Å². The van der Waals surface area contributed by atoms with Gasteiger partial charge in [-0.1, -0.05) is 31.2 Å². The monoisotopic (exact) mass is 269 g/mol. The van der Waals surface area contributed by atoms with Crippen LogP contribution in [0.2, 0.25) is 0 Å². The Kier molecular flexibility index (Phi) is 4.67. The first-order chi connectivity index (χ1) is 9.63. The molecular formula is C18H23NO. The molecule has 0 saturated heterocycles. The van der Waals surface area contributed by atoms with Gasteiger partial charge in [0, 0.05) is 11.3 Å². The molecule has 0 aliphatic rings. The SMILES string of the molecule is CCc1ccc(NC(C)c2ccc(C)cc2OC)cc1. The van der Waals surface area contributed by atoms with E-state index >= 15 is 0 Å². The maximum Gasteiger partial charge on any atom is 0.124 e. The van der Waals surface area contributed by atoms with Crippen LogP contribution < -0.4 is 10.1 Å². The average molecular weight is 269 g/mol. The third-order valence-corrected chi connectivity index (χ3v) is 3.60. The number of anilines is 1. The van der Waals surface area contributed by atoms with Crippen molar-refractivity contribution in [2.75, 3.05) is 12.4 Å². The van der Waals surface area contributed by atoms with Crippen molar-refractivity contribution in [2.24, 2.45) is 0 Å². The Morgan fingerprint density at radius 3 is 2.40 bits per heavy atom. The maximum atomic E-state index is 5.48. The summed E-state index contributed by atoms with van der Waals surface area (Å²) in [6.07, 6.45) is 1.07. The third kappa shape index (κ3) is 3.32. The number of nitrogens with one attached hydrogen (secondary N) is 1. The summed E-state index contributed by atoms with van der Waals surface area (Å²) in [6, 6.07) is 15.1. The van der Waals surface area contributed by atoms with E-state index in [0.29, 0.717) is 0 Å². The Balaban J connectivity index is 2.16. The fraction of sp³-hybridized carbons (Fsp3) is 0.333. The second-order valence-electron chi connectivity index (χ2n) is 5.16. The van der Waals surface area contributed by atoms with E-state index in [4.69, 9.17) is 4.74 Å². The summed E-state index contributed by atoms with van der Waals surface area (Å²) < 4.78 is 5.48. The molecule has 1 N–H and O–H groups in total. The van der Waals surface area contributed by atoms with Crippen LogP contribution in [0.15, 0.2) is 42.5 Å². The molecule has 0 fully saturated rings. The lowest BCUT2D eigenvalue weighted by Crippen LogP contribution is -2.08. The van der Waals surface area contributed by atoms with Crippen LogP contribution in [-0.4, -0.2) is 7.11 Å². The quantitative estimate of drug-likeness (QED) is 0.846. The molecule has 2 rings (SSSR count). The molecule has 0 heterocycles. The molecule has 2 nitrogen and oxygen atoms in total. The first-order valence-corrected chi connectivity index (χ1v) is 7.14. The molecule has 0 saturated carbocycles. The van der Waals surface area contributed by atoms with Crippen LogP contribution in [-0.2, 0) is 6.42 Å². The molecule has 0 spiro atoms. The standard InChI is InChI=1S/C18H23NO/c1-5-15-7-9-16(10-8-15)19-14(3)17-11-6-13(2)12-18(17)20-4/h6-12,14,19H,5H2,1-4H3. The third-order valence-electron chi connectivity index (χ3n) is 3.60. The van der Waals surface area contributed by atoms with Gasteiger partial charge in [0.25, 0.3) is 0 Å². The Hall–Kier alpha value is -1.96. The van der Waals surface area contributed by atoms with E-state index < -0.39 is 0 Å². The first kappa shape index (κ1) is 14.4. The van der Waals surface area contributed by atoms with Crippen LogP contribution in [0.4, 0.5) is 5.69 Å². The maximum absolute atomic E-state index is 5.48. The van der Waals surface area contributed by atoms with Crippen LogP contribution in [0, 0.1) is 6.92 Å². The lowest BCUT2D eigenvalue weighted by molar-refractivity contribution is 0.407. The highest BCUT2D eigenvalue weighted by Gasteiger charge is 2.11. The topological polar surface area (TPSA) is 21.3 Å². The van der Waals surface area contributed by atoms with Crippen LogP contribution in [0.5, 0.6) is 5.75 Å². The van der Waals surface area contributed by atoms with Crippen LogP contribution in [0.3, 0.4) is 0 Å². The van der Waals surface area contributed by atoms with Gasteiger partial charge in [-0.2, -0.15) is 0 Å². The van der Waals surface area contributed by atoms with Crippen LogP contribution in [0.1, 0.15) is 36.6 Å². The summed E-state index contributed by atoms with van der Waals surface area (Å²) in [5, 5.41) is 3.52. The van der Waals surface area contributed by atoms with Crippen molar-refractivity contribution in [2.45, 2.75) is 33.2 Å². The smallest absolute Gasteiger partial charge is 0.124 e. The van der Waals surface area contributed by atoms with Crippen molar-refractivity contribution in [3.05, 3.63) is 59.2 Å². The summed E-state index contributed by atoms with van der Waals surface area (Å²) in [7, 11) is 1.72. The lowest BCUT2D eigenvalue weighted by Gasteiger charge is -2.19. The van der Waals surface area contributed by atoms with Crippen molar-refractivity contribution >= 4 is 5.69 Å². The van der Waals surface area contributed by atoms with Gasteiger partial charge in [-0.25, -0.2) is 0 Å². The zero-order valence-corrected chi connectivity index (χ0v) is 12.7. The molecule has 20 heavy (non-hydrogen) atoms. The lowest BCUT2D eigenvalue weighted by atomic mass is 10.0. The number of rotatable bonds is 5. The number of aryl methyl sites for hydroxylation is 2. The average Bonchev–Trinajstić information content (AvgIpc) is 2.47. The van der Waals surface area contributed by atoms with E-state index in [1.54, 1.807) is 7.11 Å². The van der Waals surface area contributed by atoms with Crippen molar-refractivity contribution in [1.29, 1.82) is 0 Å². The molecule has 0 aliphatic heterocycles. The summed E-state index contributed by atoms with van der Waals surface area (Å²) in [6.45, 7) is 6.40. The second kappa shape index (κ2) is 6.47. The largest absolute Gasteiger partial charge is 0.496 e. The fourth-order valence-electron chi connectivity index (χ4n) is 2.34. The molecule has 0 radical (unpaired) electrons. The molecule has 1 atom stereocenters. The number of hydrogen-bond acceptors (Lipinski definition) is 2. The Morgan fingerprint density at radius 2 is 1.80 bits per heavy atom. The van der Waals surface area contributed by atoms with Crippen molar-refractivity contribution in [3.63, 3.8) is 0 Å². The number of methoxy groups -OCH3 is 1. The molecule has 2 heteroatoms. The molecule has 0 bridgehead atoms. The van der Waals surface area contributed by atoms with Gasteiger partial charge < -0.3 is 10.1 Å². The molecule has 0 aromatic heterocycles. The zero-order valence-electron chi connectivity index (χ0n) is 12.7. The molecule has 0 aliphatic carbocycles. The van der Waals surface area contributed by atoms with E-state index in [-0.39, 0.29) is 6.04 Å². The van der Waals surface area contributed by atoms with Crippen molar-refractivity contribution in [1.82, 2.24) is 0 Å². The van der Waals surface area contributed by atoms with Gasteiger partial charge >= 0.3 is 0 Å². The van der Waals surface area contributed by atoms with E-state index in [1.165, 1.54) is 16.7 Å². The molecule has 0 amide bonds. The summed E-state index contributed by atoms with van der Waals surface area (Å²) in [5.41, 5.74) is 4.89. The van der Waals surface area contributed by atoms with Gasteiger partial charge in [0.05, 0.1) is 13.2 Å². The van der Waals surface area contributed by atoms with Crippen LogP contribution in [0.25, 0.3) is 0 Å². The summed E-state index contributed by atoms with van der Waals surface area (Å²) in [4.78, 5) is 0. The molecule has 2 aromatic carbocycles. The highest BCUT2D eigenvalue weighted by Crippen LogP contribution is 2.28. The van der Waals surface area contributed by atoms with E-state index in [9.17, 15) is 0 Å². The molecule has 2 aromatic rings. The highest BCUT2D eigenvalue weighted by atomic mass is 16.5. The first-order valence-electron chi connectivity index (χ1n) is 7.14. The Morgan fingerprint density at radius 1 is 1.10 bits per heavy atom. The van der Waals surface area contributed by atoms with E-state index in [0.717, 1.165) is 17.9 Å². The summed E-state index contributed by atoms with van der Waals surface area (Å²) >= 11 is 0. The minimum atomic E-state index is 0.207. The normalized spacial score (nSPS) is 12.0. The molecule has 106 valence electrons. The van der Waals surface area contributed by atoms with Gasteiger partial charge in [0.15, 0.2) is 0 Å². The van der Waals surface area contributed by atoms with Crippen molar-refractivity contribution < 1.29 is 4.74 Å². The number of benzene rings is 2. The van der Waals surface area contributed by atoms with Crippen LogP contribution >= 0.6 is 0 Å². The summed E-state index contributed by atoms with van der Waals surface area (Å²) in [5.74, 6) is 0.940. The van der Waals surface area contributed by atoms with E-state index in [2.05, 4.69) is 68.6 Å². The highest BCUT2D eigenvalue weighted by molar-refractivity contribution is 5.49. The van der Waals surface area contributed by atoms with Gasteiger partial charge in [-0.3, -0.25) is 0 Å². The minimum Gasteiger partial charge on any atom is -0.496 e. The van der Waals surface area contributed by atoms with E-state index in [1.807, 2.05) is 0 Å². The van der Waals surface area contributed by atoms with Crippen molar-refractivity contribution in [3.8, 4) is 5.75 Å². The Labute approximate surface area is 121 Å². The molecular weight excluding hydrogens is 246 g/mol. The predicted octanol–water partition coefficient (Wildman–Crippen LogP) is 4.74. The fourth-order valence-corrected chi connectivity index (χ4v) is 2.34. The minimum absolute atomic E-state index is 0.207.